The number of rotatable bonds is 2. The number of hydrogen-bond donors (Lipinski definition) is 0. The number of hydrogen-bond acceptors (Lipinski definition) is 0. The van der Waals surface area contributed by atoms with Gasteiger partial charge in [-0.3, -0.25) is 0 Å². The molecule has 0 heterocycles. The second kappa shape index (κ2) is 8.65. The lowest BCUT2D eigenvalue weighted by molar-refractivity contribution is 0.554. The average Bonchev–Trinajstić information content (AvgIpc) is 2.40. The molecule has 1 aromatic rings. The van der Waals surface area contributed by atoms with Crippen LogP contribution in [-0.4, -0.2) is 10.3 Å². The normalized spacial score (nSPS) is 14.9. The van der Waals surface area contributed by atoms with Crippen LogP contribution in [0.25, 0.3) is 0 Å². The van der Waals surface area contributed by atoms with E-state index in [1.165, 1.54) is 13.4 Å². The first-order chi connectivity index (χ1) is 12.6. The van der Waals surface area contributed by atoms with Crippen molar-refractivity contribution in [1.82, 2.24) is 0 Å². The summed E-state index contributed by atoms with van der Waals surface area (Å²) in [5, 5.41) is 2.30. The summed E-state index contributed by atoms with van der Waals surface area (Å²) in [6.07, 6.45) is 0. The summed E-state index contributed by atoms with van der Waals surface area (Å²) < 4.78 is 0. The summed E-state index contributed by atoms with van der Waals surface area (Å²) in [5.41, 5.74) is 5.01. The highest BCUT2D eigenvalue weighted by Crippen LogP contribution is 2.70. The minimum absolute atomic E-state index is 0.133. The molecule has 0 fully saturated rings. The van der Waals surface area contributed by atoms with Crippen molar-refractivity contribution in [3.8, 4) is 0 Å². The Kier molecular flexibility index (Phi) is 8.14. The largest absolute Gasteiger partial charge is 0.0561 e. The second-order valence-electron chi connectivity index (χ2n) is 13.5. The van der Waals surface area contributed by atoms with E-state index in [1.54, 1.807) is 24.0 Å². The zero-order valence-corrected chi connectivity index (χ0v) is 24.7. The Labute approximate surface area is 187 Å². The fourth-order valence-electron chi connectivity index (χ4n) is 3.68. The Morgan fingerprint density at radius 3 is 1.14 bits per heavy atom. The van der Waals surface area contributed by atoms with Crippen LogP contribution >= 0.6 is 23.0 Å². The monoisotopic (exact) mass is 452 g/mol. The van der Waals surface area contributed by atoms with Gasteiger partial charge in [0, 0.05) is 5.30 Å². The van der Waals surface area contributed by atoms with E-state index < -0.39 is 0 Å². The molecule has 0 saturated carbocycles. The van der Waals surface area contributed by atoms with Crippen molar-refractivity contribution >= 4 is 28.3 Å². The molecular weight excluding hydrogens is 405 g/mol. The van der Waals surface area contributed by atoms with Gasteiger partial charge >= 0.3 is 0 Å². The fourth-order valence-corrected chi connectivity index (χ4v) is 16.7. The molecule has 0 spiro atoms. The van der Waals surface area contributed by atoms with Crippen molar-refractivity contribution in [3.63, 3.8) is 0 Å². The second-order valence-corrected chi connectivity index (χ2v) is 21.6. The SMILES string of the molecule is CC(C)(C)c1cc(C(C)(C)C)c(P=PP(C(C)(C)C)C(C)(C)C)c(C(C)(C)C)c1. The number of benzene rings is 1. The van der Waals surface area contributed by atoms with Gasteiger partial charge in [-0.15, -0.1) is 0 Å². The lowest BCUT2D eigenvalue weighted by atomic mass is 9.75. The van der Waals surface area contributed by atoms with Crippen LogP contribution in [-0.2, 0) is 16.2 Å². The van der Waals surface area contributed by atoms with Crippen molar-refractivity contribution in [3.05, 3.63) is 28.8 Å². The minimum Gasteiger partial charge on any atom is -0.0561 e. The third-order valence-corrected chi connectivity index (χ3v) is 16.0. The van der Waals surface area contributed by atoms with Crippen molar-refractivity contribution in [2.45, 2.75) is 130 Å². The van der Waals surface area contributed by atoms with Crippen LogP contribution in [0.4, 0.5) is 0 Å². The van der Waals surface area contributed by atoms with Gasteiger partial charge in [0.05, 0.1) is 0 Å². The Morgan fingerprint density at radius 2 is 0.897 bits per heavy atom. The van der Waals surface area contributed by atoms with E-state index in [0.717, 1.165) is 0 Å². The molecule has 0 aliphatic rings. The summed E-state index contributed by atoms with van der Waals surface area (Å²) in [5.74, 6) is 0. The van der Waals surface area contributed by atoms with Gasteiger partial charge in [0.15, 0.2) is 0 Å². The maximum Gasteiger partial charge on any atom is 0.0138 e. The lowest BCUT2D eigenvalue weighted by Crippen LogP contribution is -2.29. The smallest absolute Gasteiger partial charge is 0.0138 e. The zero-order chi connectivity index (χ0) is 23.2. The van der Waals surface area contributed by atoms with Gasteiger partial charge in [-0.05, 0) is 66.3 Å². The quantitative estimate of drug-likeness (QED) is 0.392. The zero-order valence-electron chi connectivity index (χ0n) is 22.0. The molecule has 0 nitrogen and oxygen atoms in total. The highest BCUT2D eigenvalue weighted by atomic mass is 32.2. The van der Waals surface area contributed by atoms with Crippen LogP contribution in [0.15, 0.2) is 12.1 Å². The summed E-state index contributed by atoms with van der Waals surface area (Å²) >= 11 is 0. The van der Waals surface area contributed by atoms with Crippen LogP contribution in [0.3, 0.4) is 0 Å². The molecule has 0 amide bonds. The molecule has 0 saturated heterocycles. The third kappa shape index (κ3) is 7.41. The van der Waals surface area contributed by atoms with Gasteiger partial charge < -0.3 is 0 Å². The van der Waals surface area contributed by atoms with Gasteiger partial charge in [-0.2, -0.15) is 0 Å². The summed E-state index contributed by atoms with van der Waals surface area (Å²) in [6, 6.07) is 5.03. The first-order valence-electron chi connectivity index (χ1n) is 11.0. The first-order valence-corrected chi connectivity index (χ1v) is 15.5. The lowest BCUT2D eigenvalue weighted by Gasteiger charge is -2.38. The third-order valence-electron chi connectivity index (χ3n) is 5.10. The van der Waals surface area contributed by atoms with Crippen LogP contribution in [0.1, 0.15) is 121 Å². The molecule has 3 heteroatoms. The fraction of sp³-hybridized carbons (Fsp3) is 0.769. The van der Waals surface area contributed by atoms with Gasteiger partial charge in [0.1, 0.15) is 0 Å². The van der Waals surface area contributed by atoms with E-state index in [-0.39, 0.29) is 23.9 Å². The Balaban J connectivity index is 3.88. The molecule has 0 aliphatic carbocycles. The summed E-state index contributed by atoms with van der Waals surface area (Å²) in [6.45, 7) is 35.9. The van der Waals surface area contributed by atoms with Crippen LogP contribution in [0, 0.1) is 0 Å². The van der Waals surface area contributed by atoms with Crippen molar-refractivity contribution < 1.29 is 0 Å². The molecule has 0 atom stereocenters. The molecule has 29 heavy (non-hydrogen) atoms. The Bertz CT molecular complexity index is 688. The highest BCUT2D eigenvalue weighted by molar-refractivity contribution is 8.33. The molecule has 0 radical (unpaired) electrons. The molecule has 0 unspecified atom stereocenters. The minimum atomic E-state index is -0.133. The summed E-state index contributed by atoms with van der Waals surface area (Å²) in [7, 11) is 2.94. The van der Waals surface area contributed by atoms with Gasteiger partial charge in [-0.1, -0.05) is 116 Å². The van der Waals surface area contributed by atoms with E-state index in [0.29, 0.717) is 10.3 Å². The Morgan fingerprint density at radius 1 is 0.552 bits per heavy atom. The summed E-state index contributed by atoms with van der Waals surface area (Å²) in [4.78, 5) is 0. The van der Waals surface area contributed by atoms with Gasteiger partial charge in [-0.25, -0.2) is 0 Å². The molecule has 1 rings (SSSR count). The standard InChI is InChI=1S/C26H47P3/c1-22(2,3)18-16-19(23(4,5)6)21(20(17-18)24(7,8)9)27-28-29(25(10,11)12)26(13,14)15/h16-17H,1-15H3. The highest BCUT2D eigenvalue weighted by Gasteiger charge is 2.34. The van der Waals surface area contributed by atoms with Crippen molar-refractivity contribution in [1.29, 1.82) is 0 Å². The van der Waals surface area contributed by atoms with E-state index >= 15 is 0 Å². The van der Waals surface area contributed by atoms with E-state index in [9.17, 15) is 0 Å². The topological polar surface area (TPSA) is 0 Å². The molecule has 0 aliphatic heterocycles. The molecule has 0 N–H and O–H groups in total. The predicted molar refractivity (Wildman–Crippen MR) is 142 cm³/mol. The maximum absolute atomic E-state index is 2.52. The van der Waals surface area contributed by atoms with E-state index in [4.69, 9.17) is 0 Å². The van der Waals surface area contributed by atoms with E-state index in [2.05, 4.69) is 116 Å². The first kappa shape index (κ1) is 27.3. The Hall–Kier alpha value is 0.250. The van der Waals surface area contributed by atoms with Crippen molar-refractivity contribution in [2.24, 2.45) is 0 Å². The molecule has 0 bridgehead atoms. The average molecular weight is 453 g/mol. The van der Waals surface area contributed by atoms with Gasteiger partial charge in [0.25, 0.3) is 0 Å². The van der Waals surface area contributed by atoms with E-state index in [1.807, 2.05) is 0 Å². The molecule has 1 aromatic carbocycles. The van der Waals surface area contributed by atoms with Crippen LogP contribution in [0.5, 0.6) is 0 Å². The molecular formula is C26H47P3. The maximum atomic E-state index is 2.52. The van der Waals surface area contributed by atoms with Crippen LogP contribution < -0.4 is 5.30 Å². The molecule has 166 valence electrons. The van der Waals surface area contributed by atoms with Crippen LogP contribution in [0.2, 0.25) is 0 Å². The molecule has 0 aromatic heterocycles. The van der Waals surface area contributed by atoms with Gasteiger partial charge in [0.2, 0.25) is 0 Å². The van der Waals surface area contributed by atoms with Crippen molar-refractivity contribution in [2.75, 3.05) is 0 Å². The predicted octanol–water partition coefficient (Wildman–Crippen LogP) is 10.0.